The van der Waals surface area contributed by atoms with Gasteiger partial charge in [-0.3, -0.25) is 4.79 Å². The molecule has 2 aromatic rings. The second-order valence-electron chi connectivity index (χ2n) is 9.77. The molecule has 6 rings (SSSR count). The summed E-state index contributed by atoms with van der Waals surface area (Å²) in [4.78, 5) is 20.0. The number of piperidine rings is 1. The predicted molar refractivity (Wildman–Crippen MR) is 129 cm³/mol. The molecule has 3 saturated heterocycles. The van der Waals surface area contributed by atoms with Crippen LogP contribution < -0.4 is 21.0 Å². The Balaban J connectivity index is 1.23. The Labute approximate surface area is 199 Å². The minimum atomic E-state index is -0.219. The maximum absolute atomic E-state index is 12.9. The number of fused-ring (bicyclic) bond motifs is 2. The maximum atomic E-state index is 12.9. The standard InChI is InChI=1S/C25H31N7O2/c26-9-7-20(16-1-2-16)32-21-8-10-27-25(33)23(21)24(30-32)28-18-4-5-19-17(15-18)3-6-22(29-19)31-11-13-34-14-12-31/h3-6,15-16,20-21,23-24,28,30H,1-2,7-8,10-14H2,(H,27,33)/t20-,21?,23?,24?/m0/s1. The first-order valence-corrected chi connectivity index (χ1v) is 12.4. The molecular formula is C25H31N7O2. The zero-order chi connectivity index (χ0) is 23.1. The number of hydrogen-bond acceptors (Lipinski definition) is 8. The highest BCUT2D eigenvalue weighted by Gasteiger charge is 2.51. The van der Waals surface area contributed by atoms with E-state index in [0.29, 0.717) is 18.9 Å². The van der Waals surface area contributed by atoms with Crippen molar-refractivity contribution in [3.63, 3.8) is 0 Å². The molecule has 4 atom stereocenters. The Morgan fingerprint density at radius 3 is 2.85 bits per heavy atom. The Morgan fingerprint density at radius 2 is 2.06 bits per heavy atom. The molecule has 3 aliphatic heterocycles. The van der Waals surface area contributed by atoms with Crippen LogP contribution in [0.5, 0.6) is 0 Å². The van der Waals surface area contributed by atoms with E-state index in [0.717, 1.165) is 68.0 Å². The quantitative estimate of drug-likeness (QED) is 0.598. The van der Waals surface area contributed by atoms with E-state index in [-0.39, 0.29) is 30.1 Å². The van der Waals surface area contributed by atoms with Gasteiger partial charge in [-0.1, -0.05) is 0 Å². The molecule has 1 aromatic heterocycles. The topological polar surface area (TPSA) is 106 Å². The Morgan fingerprint density at radius 1 is 1.21 bits per heavy atom. The molecule has 3 unspecified atom stereocenters. The molecule has 4 heterocycles. The average molecular weight is 462 g/mol. The van der Waals surface area contributed by atoms with E-state index in [9.17, 15) is 10.1 Å². The average Bonchev–Trinajstić information content (AvgIpc) is 3.65. The van der Waals surface area contributed by atoms with Crippen LogP contribution in [0.25, 0.3) is 10.9 Å². The van der Waals surface area contributed by atoms with Crippen molar-refractivity contribution in [2.45, 2.75) is 43.9 Å². The number of hydrazine groups is 1. The summed E-state index contributed by atoms with van der Waals surface area (Å²) >= 11 is 0. The van der Waals surface area contributed by atoms with Crippen LogP contribution in [0, 0.1) is 23.2 Å². The van der Waals surface area contributed by atoms with Crippen LogP contribution in [-0.2, 0) is 9.53 Å². The van der Waals surface area contributed by atoms with E-state index in [2.05, 4.69) is 50.2 Å². The lowest BCUT2D eigenvalue weighted by Gasteiger charge is -2.34. The fourth-order valence-electron chi connectivity index (χ4n) is 5.72. The lowest BCUT2D eigenvalue weighted by atomic mass is 9.90. The van der Waals surface area contributed by atoms with Gasteiger partial charge in [-0.15, -0.1) is 0 Å². The van der Waals surface area contributed by atoms with Gasteiger partial charge in [-0.25, -0.2) is 15.4 Å². The number of ether oxygens (including phenoxy) is 1. The van der Waals surface area contributed by atoms with Gasteiger partial charge in [0.15, 0.2) is 0 Å². The van der Waals surface area contributed by atoms with Crippen LogP contribution in [0.4, 0.5) is 11.5 Å². The molecule has 9 heteroatoms. The van der Waals surface area contributed by atoms with Gasteiger partial charge in [-0.05, 0) is 55.5 Å². The van der Waals surface area contributed by atoms with E-state index in [1.165, 1.54) is 0 Å². The first-order chi connectivity index (χ1) is 16.7. The number of pyridine rings is 1. The minimum Gasteiger partial charge on any atom is -0.378 e. The second kappa shape index (κ2) is 9.02. The van der Waals surface area contributed by atoms with E-state index in [4.69, 9.17) is 9.72 Å². The highest BCUT2D eigenvalue weighted by molar-refractivity contribution is 5.85. The first-order valence-electron chi connectivity index (χ1n) is 12.4. The number of hydrogen-bond donors (Lipinski definition) is 3. The van der Waals surface area contributed by atoms with Crippen molar-refractivity contribution in [3.05, 3.63) is 30.3 Å². The number of nitriles is 1. The zero-order valence-corrected chi connectivity index (χ0v) is 19.2. The number of morpholine rings is 1. The summed E-state index contributed by atoms with van der Waals surface area (Å²) in [5.41, 5.74) is 5.50. The van der Waals surface area contributed by atoms with Crippen molar-refractivity contribution in [1.82, 2.24) is 20.7 Å². The van der Waals surface area contributed by atoms with Gasteiger partial charge >= 0.3 is 0 Å². The van der Waals surface area contributed by atoms with E-state index in [1.807, 2.05) is 12.1 Å². The highest BCUT2D eigenvalue weighted by Crippen LogP contribution is 2.41. The van der Waals surface area contributed by atoms with Crippen LogP contribution in [0.1, 0.15) is 25.7 Å². The molecule has 1 aromatic carbocycles. The van der Waals surface area contributed by atoms with Gasteiger partial charge in [0.25, 0.3) is 0 Å². The van der Waals surface area contributed by atoms with Crippen molar-refractivity contribution in [2.24, 2.45) is 11.8 Å². The number of amides is 1. The number of carbonyl (C=O) groups excluding carboxylic acids is 1. The van der Waals surface area contributed by atoms with E-state index < -0.39 is 0 Å². The monoisotopic (exact) mass is 461 g/mol. The van der Waals surface area contributed by atoms with E-state index in [1.54, 1.807) is 0 Å². The largest absolute Gasteiger partial charge is 0.378 e. The Kier molecular flexibility index (Phi) is 5.73. The first kappa shape index (κ1) is 21.6. The third-order valence-electron chi connectivity index (χ3n) is 7.62. The number of benzene rings is 1. The van der Waals surface area contributed by atoms with Crippen molar-refractivity contribution in [3.8, 4) is 6.07 Å². The minimum absolute atomic E-state index is 0.0767. The molecule has 0 radical (unpaired) electrons. The van der Waals surface area contributed by atoms with Gasteiger partial charge in [0.2, 0.25) is 5.91 Å². The molecule has 9 nitrogen and oxygen atoms in total. The number of rotatable bonds is 6. The number of nitrogens with one attached hydrogen (secondary N) is 3. The fraction of sp³-hybridized carbons (Fsp3) is 0.560. The van der Waals surface area contributed by atoms with Gasteiger partial charge in [0.05, 0.1) is 37.1 Å². The molecule has 34 heavy (non-hydrogen) atoms. The van der Waals surface area contributed by atoms with Crippen molar-refractivity contribution in [2.75, 3.05) is 43.1 Å². The fourth-order valence-corrected chi connectivity index (χ4v) is 5.72. The Bertz CT molecular complexity index is 1110. The molecule has 1 amide bonds. The number of anilines is 2. The van der Waals surface area contributed by atoms with Crippen molar-refractivity contribution in [1.29, 1.82) is 5.26 Å². The third-order valence-corrected chi connectivity index (χ3v) is 7.62. The van der Waals surface area contributed by atoms with Gasteiger partial charge in [0.1, 0.15) is 12.0 Å². The summed E-state index contributed by atoms with van der Waals surface area (Å²) in [6.45, 7) is 3.88. The van der Waals surface area contributed by atoms with Crippen LogP contribution in [0.2, 0.25) is 0 Å². The summed E-state index contributed by atoms with van der Waals surface area (Å²) in [5, 5.41) is 19.3. The molecule has 0 bridgehead atoms. The number of carbonyl (C=O) groups is 1. The van der Waals surface area contributed by atoms with Crippen LogP contribution in [0.15, 0.2) is 30.3 Å². The number of aromatic nitrogens is 1. The summed E-state index contributed by atoms with van der Waals surface area (Å²) in [5.74, 6) is 1.40. The third kappa shape index (κ3) is 4.06. The van der Waals surface area contributed by atoms with Crippen LogP contribution in [0.3, 0.4) is 0 Å². The molecule has 1 saturated carbocycles. The van der Waals surface area contributed by atoms with Crippen LogP contribution >= 0.6 is 0 Å². The van der Waals surface area contributed by atoms with Gasteiger partial charge in [-0.2, -0.15) is 5.26 Å². The number of nitrogens with zero attached hydrogens (tertiary/aromatic N) is 4. The van der Waals surface area contributed by atoms with Crippen LogP contribution in [-0.4, -0.2) is 67.0 Å². The summed E-state index contributed by atoms with van der Waals surface area (Å²) in [6.07, 6.45) is 3.49. The van der Waals surface area contributed by atoms with E-state index >= 15 is 0 Å². The van der Waals surface area contributed by atoms with Crippen molar-refractivity contribution >= 4 is 28.3 Å². The lowest BCUT2D eigenvalue weighted by molar-refractivity contribution is -0.128. The summed E-state index contributed by atoms with van der Waals surface area (Å²) < 4.78 is 5.45. The molecule has 178 valence electrons. The zero-order valence-electron chi connectivity index (χ0n) is 19.2. The molecule has 3 N–H and O–H groups in total. The maximum Gasteiger partial charge on any atom is 0.228 e. The highest BCUT2D eigenvalue weighted by atomic mass is 16.5. The van der Waals surface area contributed by atoms with Crippen molar-refractivity contribution < 1.29 is 9.53 Å². The summed E-state index contributed by atoms with van der Waals surface area (Å²) in [7, 11) is 0. The lowest BCUT2D eigenvalue weighted by Crippen LogP contribution is -2.52. The molecule has 0 spiro atoms. The Hall–Kier alpha value is -2.93. The van der Waals surface area contributed by atoms with Gasteiger partial charge < -0.3 is 20.3 Å². The molecular weight excluding hydrogens is 430 g/mol. The molecule has 4 aliphatic rings. The summed E-state index contributed by atoms with van der Waals surface area (Å²) in [6, 6.07) is 13.0. The molecule has 4 fully saturated rings. The normalized spacial score (nSPS) is 28.3. The van der Waals surface area contributed by atoms with Gasteiger partial charge in [0, 0.05) is 42.8 Å². The smallest absolute Gasteiger partial charge is 0.228 e. The second-order valence-corrected chi connectivity index (χ2v) is 9.77. The SMILES string of the molecule is N#CC[C@@H](C1CC1)N1NC(Nc2ccc3nc(N4CCOCC4)ccc3c2)C2C(=O)NCCC21. The predicted octanol–water partition coefficient (Wildman–Crippen LogP) is 1.83. The molecule has 1 aliphatic carbocycles.